The first-order valence-corrected chi connectivity index (χ1v) is 11.2. The van der Waals surface area contributed by atoms with Gasteiger partial charge in [0.25, 0.3) is 5.91 Å². The topological polar surface area (TPSA) is 110 Å². The standard InChI is InChI=1S/C15H20N2O6S2/c18-15(16-13-4-9-24(19,20)11-13)12-2-1-3-14(10-12)25(21,22)17-5-7-23-8-6-17/h1-3,10,13H,4-9,11H2,(H,16,18)/t13-/m0/s1. The lowest BCUT2D eigenvalue weighted by Gasteiger charge is -2.26. The molecule has 3 rings (SSSR count). The molecule has 0 bridgehead atoms. The van der Waals surface area contributed by atoms with E-state index in [2.05, 4.69) is 5.32 Å². The zero-order valence-electron chi connectivity index (χ0n) is 13.5. The van der Waals surface area contributed by atoms with E-state index in [1.165, 1.54) is 28.6 Å². The predicted molar refractivity (Wildman–Crippen MR) is 90.5 cm³/mol. The molecule has 1 N–H and O–H groups in total. The van der Waals surface area contributed by atoms with Gasteiger partial charge in [0.1, 0.15) is 0 Å². The van der Waals surface area contributed by atoms with E-state index >= 15 is 0 Å². The average Bonchev–Trinajstić information content (AvgIpc) is 2.94. The zero-order chi connectivity index (χ0) is 18.1. The summed E-state index contributed by atoms with van der Waals surface area (Å²) in [5.41, 5.74) is 0.193. The maximum absolute atomic E-state index is 12.7. The highest BCUT2D eigenvalue weighted by Crippen LogP contribution is 2.19. The van der Waals surface area contributed by atoms with Crippen LogP contribution in [0.3, 0.4) is 0 Å². The summed E-state index contributed by atoms with van der Waals surface area (Å²) in [6, 6.07) is 5.35. The molecule has 2 saturated heterocycles. The Balaban J connectivity index is 1.76. The summed E-state index contributed by atoms with van der Waals surface area (Å²) in [5, 5.41) is 2.66. The lowest BCUT2D eigenvalue weighted by molar-refractivity contribution is 0.0730. The Morgan fingerprint density at radius 1 is 1.24 bits per heavy atom. The van der Waals surface area contributed by atoms with Crippen LogP contribution >= 0.6 is 0 Å². The van der Waals surface area contributed by atoms with Gasteiger partial charge in [-0.1, -0.05) is 6.07 Å². The molecule has 1 aromatic rings. The van der Waals surface area contributed by atoms with Gasteiger partial charge in [0, 0.05) is 24.7 Å². The van der Waals surface area contributed by atoms with E-state index in [9.17, 15) is 21.6 Å². The van der Waals surface area contributed by atoms with Crippen LogP contribution in [0.2, 0.25) is 0 Å². The molecule has 1 amide bonds. The van der Waals surface area contributed by atoms with Gasteiger partial charge in [-0.15, -0.1) is 0 Å². The fraction of sp³-hybridized carbons (Fsp3) is 0.533. The lowest BCUT2D eigenvalue weighted by atomic mass is 10.2. The van der Waals surface area contributed by atoms with Crippen LogP contribution in [0.4, 0.5) is 0 Å². The van der Waals surface area contributed by atoms with Crippen molar-refractivity contribution in [1.29, 1.82) is 0 Å². The van der Waals surface area contributed by atoms with Gasteiger partial charge in [0.2, 0.25) is 10.0 Å². The van der Waals surface area contributed by atoms with E-state index in [1.54, 1.807) is 0 Å². The van der Waals surface area contributed by atoms with Gasteiger partial charge in [-0.25, -0.2) is 16.8 Å². The highest BCUT2D eigenvalue weighted by atomic mass is 32.2. The second-order valence-electron chi connectivity index (χ2n) is 6.12. The number of carbonyl (C=O) groups excluding carboxylic acids is 1. The molecular weight excluding hydrogens is 368 g/mol. The Labute approximate surface area is 147 Å². The maximum atomic E-state index is 12.7. The smallest absolute Gasteiger partial charge is 0.251 e. The number of ether oxygens (including phenoxy) is 1. The van der Waals surface area contributed by atoms with Crippen molar-refractivity contribution in [3.05, 3.63) is 29.8 Å². The number of benzene rings is 1. The Kier molecular flexibility index (Phi) is 5.14. The number of sulfone groups is 1. The number of sulfonamides is 1. The Morgan fingerprint density at radius 2 is 1.96 bits per heavy atom. The highest BCUT2D eigenvalue weighted by Gasteiger charge is 2.30. The lowest BCUT2D eigenvalue weighted by Crippen LogP contribution is -2.40. The van der Waals surface area contributed by atoms with Crippen molar-refractivity contribution in [1.82, 2.24) is 9.62 Å². The van der Waals surface area contributed by atoms with Gasteiger partial charge in [0.05, 0.1) is 29.6 Å². The molecule has 0 radical (unpaired) electrons. The predicted octanol–water partition coefficient (Wildman–Crippen LogP) is -0.376. The Morgan fingerprint density at radius 3 is 2.60 bits per heavy atom. The largest absolute Gasteiger partial charge is 0.379 e. The summed E-state index contributed by atoms with van der Waals surface area (Å²) in [5.74, 6) is -0.491. The molecule has 138 valence electrons. The molecule has 0 aliphatic carbocycles. The Hall–Kier alpha value is -1.49. The summed E-state index contributed by atoms with van der Waals surface area (Å²) in [4.78, 5) is 12.4. The molecule has 2 fully saturated rings. The molecule has 10 heteroatoms. The van der Waals surface area contributed by atoms with Crippen molar-refractivity contribution in [3.63, 3.8) is 0 Å². The average molecular weight is 388 g/mol. The van der Waals surface area contributed by atoms with E-state index in [-0.39, 0.29) is 35.1 Å². The Bertz CT molecular complexity index is 860. The summed E-state index contributed by atoms with van der Waals surface area (Å²) >= 11 is 0. The second-order valence-corrected chi connectivity index (χ2v) is 10.3. The maximum Gasteiger partial charge on any atom is 0.251 e. The van der Waals surface area contributed by atoms with Gasteiger partial charge >= 0.3 is 0 Å². The number of amides is 1. The molecule has 2 aliphatic rings. The van der Waals surface area contributed by atoms with Crippen LogP contribution in [0, 0.1) is 0 Å². The van der Waals surface area contributed by atoms with Crippen LogP contribution in [0.1, 0.15) is 16.8 Å². The summed E-state index contributed by atoms with van der Waals surface area (Å²) < 4.78 is 54.7. The number of nitrogens with one attached hydrogen (secondary N) is 1. The second kappa shape index (κ2) is 7.02. The van der Waals surface area contributed by atoms with E-state index < -0.39 is 31.8 Å². The van der Waals surface area contributed by atoms with E-state index in [4.69, 9.17) is 4.74 Å². The van der Waals surface area contributed by atoms with Crippen molar-refractivity contribution in [3.8, 4) is 0 Å². The van der Waals surface area contributed by atoms with Gasteiger partial charge in [-0.2, -0.15) is 4.31 Å². The highest BCUT2D eigenvalue weighted by molar-refractivity contribution is 7.91. The first-order chi connectivity index (χ1) is 11.8. The third-order valence-electron chi connectivity index (χ3n) is 4.27. The number of hydrogen-bond donors (Lipinski definition) is 1. The molecule has 1 atom stereocenters. The van der Waals surface area contributed by atoms with Crippen molar-refractivity contribution in [2.45, 2.75) is 17.4 Å². The molecule has 2 heterocycles. The van der Waals surface area contributed by atoms with Crippen molar-refractivity contribution < 1.29 is 26.4 Å². The van der Waals surface area contributed by atoms with E-state index in [0.717, 1.165) is 0 Å². The van der Waals surface area contributed by atoms with Crippen LogP contribution in [0.25, 0.3) is 0 Å². The van der Waals surface area contributed by atoms with Crippen molar-refractivity contribution in [2.24, 2.45) is 0 Å². The van der Waals surface area contributed by atoms with Gasteiger partial charge in [-0.3, -0.25) is 4.79 Å². The van der Waals surface area contributed by atoms with Crippen LogP contribution in [0.5, 0.6) is 0 Å². The number of hydrogen-bond acceptors (Lipinski definition) is 6. The number of morpholine rings is 1. The zero-order valence-corrected chi connectivity index (χ0v) is 15.2. The van der Waals surface area contributed by atoms with Crippen LogP contribution in [-0.2, 0) is 24.6 Å². The van der Waals surface area contributed by atoms with Gasteiger partial charge < -0.3 is 10.1 Å². The minimum atomic E-state index is -3.69. The van der Waals surface area contributed by atoms with Crippen LogP contribution < -0.4 is 5.32 Å². The van der Waals surface area contributed by atoms with E-state index in [1.807, 2.05) is 0 Å². The number of rotatable bonds is 4. The molecule has 0 unspecified atom stereocenters. The van der Waals surface area contributed by atoms with Crippen molar-refractivity contribution >= 4 is 25.8 Å². The SMILES string of the molecule is O=C(N[C@H]1CCS(=O)(=O)C1)c1cccc(S(=O)(=O)N2CCOCC2)c1. The summed E-state index contributed by atoms with van der Waals surface area (Å²) in [6.07, 6.45) is 0.375. The van der Waals surface area contributed by atoms with Crippen LogP contribution in [0.15, 0.2) is 29.2 Å². The first-order valence-electron chi connectivity index (χ1n) is 7.97. The molecule has 2 aliphatic heterocycles. The molecule has 8 nitrogen and oxygen atoms in total. The molecular formula is C15H20N2O6S2. The summed E-state index contributed by atoms with van der Waals surface area (Å²) in [7, 11) is -6.78. The quantitative estimate of drug-likeness (QED) is 0.753. The monoisotopic (exact) mass is 388 g/mol. The molecule has 0 spiro atoms. The summed E-state index contributed by atoms with van der Waals surface area (Å²) in [6.45, 7) is 1.24. The third kappa shape index (κ3) is 4.20. The first kappa shape index (κ1) is 18.3. The number of carbonyl (C=O) groups is 1. The van der Waals surface area contributed by atoms with Crippen LogP contribution in [-0.4, -0.2) is 70.9 Å². The van der Waals surface area contributed by atoms with E-state index in [0.29, 0.717) is 19.6 Å². The molecule has 25 heavy (non-hydrogen) atoms. The normalized spacial score (nSPS) is 24.1. The number of nitrogens with zero attached hydrogens (tertiary/aromatic N) is 1. The van der Waals surface area contributed by atoms with Gasteiger partial charge in [-0.05, 0) is 24.6 Å². The minimum Gasteiger partial charge on any atom is -0.379 e. The van der Waals surface area contributed by atoms with Crippen molar-refractivity contribution in [2.75, 3.05) is 37.8 Å². The molecule has 0 aromatic heterocycles. The minimum absolute atomic E-state index is 0.0427. The molecule has 1 aromatic carbocycles. The third-order valence-corrected chi connectivity index (χ3v) is 7.93. The fourth-order valence-corrected chi connectivity index (χ4v) is 6.04. The molecule has 0 saturated carbocycles. The van der Waals surface area contributed by atoms with Gasteiger partial charge in [0.15, 0.2) is 9.84 Å². The fourth-order valence-electron chi connectivity index (χ4n) is 2.91.